The van der Waals surface area contributed by atoms with E-state index in [1.165, 1.54) is 0 Å². The molecule has 0 N–H and O–H groups in total. The summed E-state index contributed by atoms with van der Waals surface area (Å²) in [6.45, 7) is 5.20. The normalized spacial score (nSPS) is 11.1. The molecule has 0 spiro atoms. The lowest BCUT2D eigenvalue weighted by Crippen LogP contribution is -2.09. The van der Waals surface area contributed by atoms with E-state index in [0.717, 1.165) is 89.4 Å². The van der Waals surface area contributed by atoms with E-state index >= 15 is 0 Å². The van der Waals surface area contributed by atoms with Gasteiger partial charge < -0.3 is 19.3 Å². The summed E-state index contributed by atoms with van der Waals surface area (Å²) in [6.07, 6.45) is 0. The molecule has 282 valence electrons. The van der Waals surface area contributed by atoms with Gasteiger partial charge in [0.25, 0.3) is 0 Å². The summed E-state index contributed by atoms with van der Waals surface area (Å²) in [5.41, 5.74) is 11.1. The number of ether oxygens (including phenoxy) is 2. The Kier molecular flexibility index (Phi) is 10.3. The highest BCUT2D eigenvalue weighted by molar-refractivity contribution is 6.13. The van der Waals surface area contributed by atoms with Crippen molar-refractivity contribution in [3.8, 4) is 33.8 Å². The fraction of sp³-hybridized carbons (Fsp3) is 0.0741. The van der Waals surface area contributed by atoms with Gasteiger partial charge in [0.2, 0.25) is 0 Å². The van der Waals surface area contributed by atoms with Crippen molar-refractivity contribution in [3.05, 3.63) is 206 Å². The quantitative estimate of drug-likeness (QED) is 0.116. The van der Waals surface area contributed by atoms with Crippen LogP contribution in [0.25, 0.3) is 43.8 Å². The van der Waals surface area contributed by atoms with E-state index in [2.05, 4.69) is 216 Å². The molecule has 9 aromatic carbocycles. The van der Waals surface area contributed by atoms with E-state index < -0.39 is 0 Å². The van der Waals surface area contributed by atoms with Gasteiger partial charge in [-0.2, -0.15) is 0 Å². The third-order valence-electron chi connectivity index (χ3n) is 10.6. The Morgan fingerprint density at radius 3 is 0.862 bits per heavy atom. The van der Waals surface area contributed by atoms with E-state index in [9.17, 15) is 0 Å². The van der Waals surface area contributed by atoms with Gasteiger partial charge in [-0.15, -0.1) is 0 Å². The molecular weight excluding hydrogens is 709 g/mol. The Balaban J connectivity index is 1.09. The molecule has 4 nitrogen and oxygen atoms in total. The van der Waals surface area contributed by atoms with Crippen LogP contribution in [0.5, 0.6) is 11.5 Å². The molecule has 9 rings (SSSR count). The topological polar surface area (TPSA) is 24.9 Å². The van der Waals surface area contributed by atoms with Crippen LogP contribution in [0, 0.1) is 0 Å². The minimum Gasteiger partial charge on any atom is -0.493 e. The third kappa shape index (κ3) is 7.13. The summed E-state index contributed by atoms with van der Waals surface area (Å²) in [4.78, 5) is 4.56. The first-order valence-corrected chi connectivity index (χ1v) is 20.0. The number of hydrogen-bond acceptors (Lipinski definition) is 4. The molecule has 0 saturated carbocycles. The molecule has 0 saturated heterocycles. The summed E-state index contributed by atoms with van der Waals surface area (Å²) < 4.78 is 13.0. The molecule has 0 radical (unpaired) electrons. The van der Waals surface area contributed by atoms with Crippen LogP contribution < -0.4 is 19.3 Å². The Hall–Kier alpha value is -7.30. The number of nitrogens with zero attached hydrogens (tertiary/aromatic N) is 2. The molecule has 0 unspecified atom stereocenters. The molecule has 4 heteroatoms. The van der Waals surface area contributed by atoms with Crippen molar-refractivity contribution in [2.75, 3.05) is 23.0 Å². The monoisotopic (exact) mass is 752 g/mol. The van der Waals surface area contributed by atoms with Crippen molar-refractivity contribution in [2.24, 2.45) is 0 Å². The lowest BCUT2D eigenvalue weighted by Gasteiger charge is -2.25. The van der Waals surface area contributed by atoms with E-state index in [0.29, 0.717) is 13.2 Å². The zero-order valence-electron chi connectivity index (χ0n) is 32.8. The molecular formula is C54H44N2O2. The average Bonchev–Trinajstić information content (AvgIpc) is 3.29. The van der Waals surface area contributed by atoms with Crippen LogP contribution in [0.2, 0.25) is 0 Å². The van der Waals surface area contributed by atoms with Crippen molar-refractivity contribution in [1.82, 2.24) is 0 Å². The maximum atomic E-state index is 6.51. The second kappa shape index (κ2) is 16.4. The minimum atomic E-state index is 0.550. The first kappa shape index (κ1) is 36.3. The Bertz CT molecular complexity index is 2500. The molecule has 0 heterocycles. The Morgan fingerprint density at radius 1 is 0.293 bits per heavy atom. The number of anilines is 6. The van der Waals surface area contributed by atoms with Crippen LogP contribution in [0.1, 0.15) is 13.8 Å². The molecule has 9 aromatic rings. The van der Waals surface area contributed by atoms with Crippen LogP contribution in [-0.2, 0) is 0 Å². The van der Waals surface area contributed by atoms with Gasteiger partial charge in [-0.1, -0.05) is 109 Å². The predicted molar refractivity (Wildman–Crippen MR) is 244 cm³/mol. The summed E-state index contributed by atoms with van der Waals surface area (Å²) in [7, 11) is 0. The summed E-state index contributed by atoms with van der Waals surface area (Å²) in [6, 6.07) is 72.9. The van der Waals surface area contributed by atoms with Crippen molar-refractivity contribution < 1.29 is 9.47 Å². The van der Waals surface area contributed by atoms with Gasteiger partial charge in [0, 0.05) is 55.7 Å². The minimum absolute atomic E-state index is 0.550. The zero-order chi connectivity index (χ0) is 39.3. The van der Waals surface area contributed by atoms with Gasteiger partial charge in [-0.25, -0.2) is 0 Å². The highest BCUT2D eigenvalue weighted by atomic mass is 16.5. The van der Waals surface area contributed by atoms with E-state index in [4.69, 9.17) is 9.47 Å². The average molecular weight is 753 g/mol. The van der Waals surface area contributed by atoms with Crippen LogP contribution in [-0.4, -0.2) is 13.2 Å². The summed E-state index contributed by atoms with van der Waals surface area (Å²) in [5, 5.41) is 4.14. The lowest BCUT2D eigenvalue weighted by molar-refractivity contribution is 0.342. The smallest absolute Gasteiger partial charge is 0.135 e. The van der Waals surface area contributed by atoms with Gasteiger partial charge >= 0.3 is 0 Å². The van der Waals surface area contributed by atoms with Crippen LogP contribution in [0.15, 0.2) is 206 Å². The van der Waals surface area contributed by atoms with E-state index in [-0.39, 0.29) is 0 Å². The molecule has 0 aliphatic carbocycles. The second-order valence-electron chi connectivity index (χ2n) is 14.2. The molecule has 0 aliphatic rings. The zero-order valence-corrected chi connectivity index (χ0v) is 32.8. The molecule has 0 atom stereocenters. The highest BCUT2D eigenvalue weighted by Crippen LogP contribution is 2.46. The second-order valence-corrected chi connectivity index (χ2v) is 14.2. The molecule has 0 aliphatic heterocycles. The summed E-state index contributed by atoms with van der Waals surface area (Å²) >= 11 is 0. The van der Waals surface area contributed by atoms with Crippen LogP contribution in [0.3, 0.4) is 0 Å². The van der Waals surface area contributed by atoms with Gasteiger partial charge in [0.15, 0.2) is 0 Å². The number of rotatable bonds is 12. The van der Waals surface area contributed by atoms with Crippen molar-refractivity contribution in [3.63, 3.8) is 0 Å². The fourth-order valence-electron chi connectivity index (χ4n) is 7.92. The number of fused-ring (bicyclic) bond motifs is 2. The number of hydrogen-bond donors (Lipinski definition) is 0. The highest BCUT2D eigenvalue weighted by Gasteiger charge is 2.19. The molecule has 0 amide bonds. The molecule has 0 fully saturated rings. The fourth-order valence-corrected chi connectivity index (χ4v) is 7.92. The standard InChI is InChI=1S/C54H44N2O2/c1-3-57-53-49-35-29-42(40-27-33-48(34-28-40)56(45-21-13-7-14-22-45)46-23-15-8-16-24-46)38-52(49)54(58-4-2)50-36-30-41(37-51(50)53)39-25-31-47(32-26-39)55(43-17-9-5-10-18-43)44-19-11-6-12-20-44/h5-38H,3-4H2,1-2H3. The SMILES string of the molecule is CCOc1c2ccc(-c3ccc(N(c4ccccc4)c4ccccc4)cc3)cc2c(OCC)c2ccc(-c3ccc(N(c4ccccc4)c4ccccc4)cc3)cc12. The maximum absolute atomic E-state index is 6.51. The lowest BCUT2D eigenvalue weighted by atomic mass is 9.94. The molecule has 0 bridgehead atoms. The molecule has 58 heavy (non-hydrogen) atoms. The number of para-hydroxylation sites is 4. The van der Waals surface area contributed by atoms with Gasteiger partial charge in [-0.05, 0) is 133 Å². The van der Waals surface area contributed by atoms with Crippen molar-refractivity contribution >= 4 is 55.7 Å². The predicted octanol–water partition coefficient (Wildman–Crippen LogP) is 15.1. The van der Waals surface area contributed by atoms with E-state index in [1.807, 2.05) is 13.8 Å². The van der Waals surface area contributed by atoms with Crippen molar-refractivity contribution in [1.29, 1.82) is 0 Å². The maximum Gasteiger partial charge on any atom is 0.135 e. The third-order valence-corrected chi connectivity index (χ3v) is 10.6. The molecule has 0 aromatic heterocycles. The van der Waals surface area contributed by atoms with E-state index in [1.54, 1.807) is 0 Å². The summed E-state index contributed by atoms with van der Waals surface area (Å²) in [5.74, 6) is 1.74. The first-order valence-electron chi connectivity index (χ1n) is 20.0. The van der Waals surface area contributed by atoms with Crippen LogP contribution >= 0.6 is 0 Å². The number of benzene rings is 9. The van der Waals surface area contributed by atoms with Gasteiger partial charge in [-0.3, -0.25) is 0 Å². The largest absolute Gasteiger partial charge is 0.493 e. The van der Waals surface area contributed by atoms with Crippen molar-refractivity contribution in [2.45, 2.75) is 13.8 Å². The van der Waals surface area contributed by atoms with Gasteiger partial charge in [0.1, 0.15) is 11.5 Å². The first-order chi connectivity index (χ1) is 28.7. The van der Waals surface area contributed by atoms with Crippen LogP contribution in [0.4, 0.5) is 34.1 Å². The Labute approximate surface area is 340 Å². The van der Waals surface area contributed by atoms with Gasteiger partial charge in [0.05, 0.1) is 13.2 Å². The Morgan fingerprint density at radius 2 is 0.569 bits per heavy atom.